The Morgan fingerprint density at radius 1 is 1.00 bits per heavy atom. The third-order valence-electron chi connectivity index (χ3n) is 6.03. The van der Waals surface area contributed by atoms with Crippen molar-refractivity contribution in [3.05, 3.63) is 42.0 Å². The van der Waals surface area contributed by atoms with E-state index in [4.69, 9.17) is 18.9 Å². The van der Waals surface area contributed by atoms with Crippen molar-refractivity contribution >= 4 is 35.4 Å². The number of carbonyl (C=O) groups is 5. The fourth-order valence-corrected chi connectivity index (χ4v) is 4.78. The van der Waals surface area contributed by atoms with E-state index in [1.165, 1.54) is 30.3 Å². The molecule has 2 fully saturated rings. The Hall–Kier alpha value is -3.53. The van der Waals surface area contributed by atoms with E-state index in [-0.39, 0.29) is 17.9 Å². The van der Waals surface area contributed by atoms with E-state index in [0.717, 1.165) is 18.7 Å². The summed E-state index contributed by atoms with van der Waals surface area (Å²) in [7, 11) is 0. The van der Waals surface area contributed by atoms with Gasteiger partial charge in [-0.15, -0.1) is 0 Å². The Balaban J connectivity index is 1.71. The first-order valence-electron chi connectivity index (χ1n) is 10.4. The number of ether oxygens (including phenoxy) is 4. The zero-order chi connectivity index (χ0) is 24.1. The van der Waals surface area contributed by atoms with Crippen LogP contribution in [0.2, 0.25) is 0 Å². The molecule has 3 aliphatic heterocycles. The SMILES string of the molecule is CCOC(=O)c1ccc(N2C(=O)[C@@H]3[C@H](C2=O)[C@@]2(C)C=C[C@@]3(C(OC(C)=O)OC(C)=O)O2)cc1. The van der Waals surface area contributed by atoms with Crippen molar-refractivity contribution in [2.24, 2.45) is 11.8 Å². The quantitative estimate of drug-likeness (QED) is 0.270. The molecular weight excluding hydrogens is 434 g/mol. The largest absolute Gasteiger partial charge is 0.462 e. The number of carbonyl (C=O) groups excluding carboxylic acids is 5. The number of anilines is 1. The number of esters is 3. The molecule has 3 aliphatic rings. The summed E-state index contributed by atoms with van der Waals surface area (Å²) in [5, 5.41) is 0. The summed E-state index contributed by atoms with van der Waals surface area (Å²) in [6.45, 7) is 5.82. The molecule has 0 spiro atoms. The van der Waals surface area contributed by atoms with Gasteiger partial charge in [-0.25, -0.2) is 9.69 Å². The molecule has 2 amide bonds. The second-order valence-corrected chi connectivity index (χ2v) is 8.26. The van der Waals surface area contributed by atoms with Crippen molar-refractivity contribution in [3.63, 3.8) is 0 Å². The Bertz CT molecular complexity index is 1060. The highest BCUT2D eigenvalue weighted by molar-refractivity contribution is 6.23. The third kappa shape index (κ3) is 3.41. The van der Waals surface area contributed by atoms with E-state index in [9.17, 15) is 24.0 Å². The first-order valence-corrected chi connectivity index (χ1v) is 10.4. The van der Waals surface area contributed by atoms with E-state index >= 15 is 0 Å². The molecule has 4 rings (SSSR count). The van der Waals surface area contributed by atoms with Gasteiger partial charge in [0.05, 0.1) is 35.3 Å². The predicted octanol–water partition coefficient (Wildman–Crippen LogP) is 1.52. The molecule has 0 unspecified atom stereocenters. The normalized spacial score (nSPS) is 29.4. The number of fused-ring (bicyclic) bond motifs is 5. The lowest BCUT2D eigenvalue weighted by Crippen LogP contribution is -2.52. The maximum Gasteiger partial charge on any atom is 0.338 e. The average Bonchev–Trinajstić information content (AvgIpc) is 3.33. The number of amides is 2. The average molecular weight is 457 g/mol. The number of imide groups is 1. The summed E-state index contributed by atoms with van der Waals surface area (Å²) in [6.07, 6.45) is 1.58. The van der Waals surface area contributed by atoms with Gasteiger partial charge in [-0.2, -0.15) is 0 Å². The lowest BCUT2D eigenvalue weighted by Gasteiger charge is -2.34. The second-order valence-electron chi connectivity index (χ2n) is 8.26. The van der Waals surface area contributed by atoms with Gasteiger partial charge in [-0.1, -0.05) is 6.08 Å². The van der Waals surface area contributed by atoms with Crippen LogP contribution in [0.15, 0.2) is 36.4 Å². The molecule has 1 aromatic rings. The molecule has 10 nitrogen and oxygen atoms in total. The molecule has 1 aromatic carbocycles. The fourth-order valence-electron chi connectivity index (χ4n) is 4.78. The number of hydrogen-bond acceptors (Lipinski definition) is 9. The van der Waals surface area contributed by atoms with Crippen molar-refractivity contribution in [3.8, 4) is 0 Å². The Morgan fingerprint density at radius 2 is 1.58 bits per heavy atom. The van der Waals surface area contributed by atoms with Gasteiger partial charge in [0.1, 0.15) is 0 Å². The molecule has 0 aromatic heterocycles. The maximum atomic E-state index is 13.6. The highest BCUT2D eigenvalue weighted by atomic mass is 16.7. The third-order valence-corrected chi connectivity index (χ3v) is 6.03. The van der Waals surface area contributed by atoms with Crippen LogP contribution in [0.4, 0.5) is 5.69 Å². The zero-order valence-electron chi connectivity index (χ0n) is 18.5. The van der Waals surface area contributed by atoms with E-state index in [1.54, 1.807) is 19.9 Å². The molecular formula is C23H23NO9. The van der Waals surface area contributed by atoms with Gasteiger partial charge in [-0.05, 0) is 44.2 Å². The van der Waals surface area contributed by atoms with Gasteiger partial charge >= 0.3 is 17.9 Å². The summed E-state index contributed by atoms with van der Waals surface area (Å²) < 4.78 is 21.5. The van der Waals surface area contributed by atoms with Gasteiger partial charge in [-0.3, -0.25) is 19.2 Å². The van der Waals surface area contributed by atoms with Crippen LogP contribution in [0, 0.1) is 11.8 Å². The van der Waals surface area contributed by atoms with Crippen LogP contribution in [-0.2, 0) is 38.1 Å². The summed E-state index contributed by atoms with van der Waals surface area (Å²) in [6, 6.07) is 5.88. The lowest BCUT2D eigenvalue weighted by atomic mass is 9.72. The Morgan fingerprint density at radius 3 is 2.12 bits per heavy atom. The molecule has 174 valence electrons. The van der Waals surface area contributed by atoms with Crippen LogP contribution in [0.25, 0.3) is 0 Å². The van der Waals surface area contributed by atoms with E-state index in [1.807, 2.05) is 0 Å². The monoisotopic (exact) mass is 457 g/mol. The molecule has 4 atom stereocenters. The summed E-state index contributed by atoms with van der Waals surface area (Å²) >= 11 is 0. The standard InChI is InChI=1S/C23H23NO9/c1-5-30-20(29)14-6-8-15(9-7-14)24-18(27)16-17(19(24)28)23(11-10-22(16,4)33-23)21(31-12(2)25)32-13(3)26/h6-11,16-17,21H,5H2,1-4H3/t16-,17+,22-,23-/m1/s1. The second kappa shape index (κ2) is 7.80. The minimum Gasteiger partial charge on any atom is -0.462 e. The highest BCUT2D eigenvalue weighted by Gasteiger charge is 2.75. The first kappa shape index (κ1) is 22.7. The van der Waals surface area contributed by atoms with E-state index < -0.39 is 59.1 Å². The van der Waals surface area contributed by atoms with Gasteiger partial charge < -0.3 is 18.9 Å². The molecule has 10 heteroatoms. The molecule has 3 heterocycles. The van der Waals surface area contributed by atoms with Gasteiger partial charge in [0.2, 0.25) is 11.8 Å². The van der Waals surface area contributed by atoms with Crippen molar-refractivity contribution in [2.45, 2.75) is 45.2 Å². The molecule has 0 aliphatic carbocycles. The number of hydrogen-bond donors (Lipinski definition) is 0. The summed E-state index contributed by atoms with van der Waals surface area (Å²) in [5.41, 5.74) is -2.28. The van der Waals surface area contributed by atoms with Gasteiger partial charge in [0.25, 0.3) is 6.29 Å². The van der Waals surface area contributed by atoms with Crippen LogP contribution >= 0.6 is 0 Å². The van der Waals surface area contributed by atoms with Gasteiger partial charge in [0.15, 0.2) is 5.60 Å². The summed E-state index contributed by atoms with van der Waals surface area (Å²) in [4.78, 5) is 63.3. The van der Waals surface area contributed by atoms with Crippen molar-refractivity contribution < 1.29 is 42.9 Å². The summed E-state index contributed by atoms with van der Waals surface area (Å²) in [5.74, 6) is -5.12. The molecule has 0 N–H and O–H groups in total. The Kier molecular flexibility index (Phi) is 5.36. The van der Waals surface area contributed by atoms with E-state index in [0.29, 0.717) is 0 Å². The van der Waals surface area contributed by atoms with E-state index in [2.05, 4.69) is 0 Å². The number of nitrogens with zero attached hydrogens (tertiary/aromatic N) is 1. The minimum absolute atomic E-state index is 0.215. The minimum atomic E-state index is -1.65. The predicted molar refractivity (Wildman–Crippen MR) is 111 cm³/mol. The number of rotatable bonds is 6. The van der Waals surface area contributed by atoms with Crippen molar-refractivity contribution in [1.29, 1.82) is 0 Å². The zero-order valence-corrected chi connectivity index (χ0v) is 18.5. The van der Waals surface area contributed by atoms with Crippen LogP contribution in [0.1, 0.15) is 38.1 Å². The van der Waals surface area contributed by atoms with Crippen LogP contribution in [0.3, 0.4) is 0 Å². The topological polar surface area (TPSA) is 126 Å². The maximum absolute atomic E-state index is 13.6. The smallest absolute Gasteiger partial charge is 0.338 e. The molecule has 2 bridgehead atoms. The fraction of sp³-hybridized carbons (Fsp3) is 0.435. The molecule has 0 radical (unpaired) electrons. The van der Waals surface area contributed by atoms with Crippen LogP contribution in [-0.4, -0.2) is 53.8 Å². The molecule has 2 saturated heterocycles. The lowest BCUT2D eigenvalue weighted by molar-refractivity contribution is -0.231. The molecule has 0 saturated carbocycles. The van der Waals surface area contributed by atoms with Crippen LogP contribution < -0.4 is 4.90 Å². The van der Waals surface area contributed by atoms with Crippen LogP contribution in [0.5, 0.6) is 0 Å². The Labute approximate surface area is 189 Å². The molecule has 33 heavy (non-hydrogen) atoms. The van der Waals surface area contributed by atoms with Gasteiger partial charge in [0, 0.05) is 13.8 Å². The highest BCUT2D eigenvalue weighted by Crippen LogP contribution is 2.59. The van der Waals surface area contributed by atoms with Crippen molar-refractivity contribution in [2.75, 3.05) is 11.5 Å². The van der Waals surface area contributed by atoms with Crippen molar-refractivity contribution in [1.82, 2.24) is 0 Å². The first-order chi connectivity index (χ1) is 15.5. The number of benzene rings is 1.